The molecule has 9 aromatic rings. The van der Waals surface area contributed by atoms with Gasteiger partial charge in [0.1, 0.15) is 0 Å². The first-order valence-electron chi connectivity index (χ1n) is 18.8. The highest BCUT2D eigenvalue weighted by molar-refractivity contribution is 5.99. The molecule has 11 rings (SSSR count). The topological polar surface area (TPSA) is 38.7 Å². The van der Waals surface area contributed by atoms with Crippen molar-refractivity contribution < 1.29 is 0 Å². The summed E-state index contributed by atoms with van der Waals surface area (Å²) in [6, 6.07) is 67.6. The molecule has 0 saturated carbocycles. The Morgan fingerprint density at radius 2 is 0.764 bits per heavy atom. The van der Waals surface area contributed by atoms with E-state index in [1.165, 1.54) is 50.1 Å². The molecule has 0 N–H and O–H groups in total. The molecule has 0 atom stereocenters. The largest absolute Gasteiger partial charge is 0.265 e. The molecule has 3 heteroatoms. The molecule has 1 spiro atoms. The van der Waals surface area contributed by atoms with E-state index in [9.17, 15) is 0 Å². The highest BCUT2D eigenvalue weighted by atomic mass is 14.9. The minimum atomic E-state index is -0.427. The Bertz CT molecular complexity index is 2750. The second kappa shape index (κ2) is 12.4. The molecule has 2 aliphatic carbocycles. The Morgan fingerprint density at radius 3 is 1.42 bits per heavy atom. The minimum absolute atomic E-state index is 0.427. The number of rotatable bonds is 5. The summed E-state index contributed by atoms with van der Waals surface area (Å²) >= 11 is 0. The zero-order chi connectivity index (χ0) is 36.3. The van der Waals surface area contributed by atoms with Crippen LogP contribution in [0.1, 0.15) is 22.3 Å². The van der Waals surface area contributed by atoms with E-state index in [0.29, 0.717) is 5.82 Å². The van der Waals surface area contributed by atoms with Crippen LogP contribution < -0.4 is 0 Å². The summed E-state index contributed by atoms with van der Waals surface area (Å²) in [5.41, 5.74) is 19.4. The van der Waals surface area contributed by atoms with Gasteiger partial charge in [-0.1, -0.05) is 170 Å². The average molecular weight is 700 g/mol. The molecule has 0 unspecified atom stereocenters. The van der Waals surface area contributed by atoms with E-state index in [1.807, 2.05) is 30.6 Å². The average Bonchev–Trinajstić information content (AvgIpc) is 3.75. The monoisotopic (exact) mass is 699 g/mol. The molecule has 0 saturated heterocycles. The van der Waals surface area contributed by atoms with Gasteiger partial charge in [-0.05, 0) is 85.0 Å². The standard InChI is InChI=1S/C52H33N3/c1-2-11-34(12-3-1)35-23-27-39(28-24-35)51-54-48(38-25-21-36(22-26-38)37-29-31-53-32-30-37)33-49(55-51)43-16-10-20-47-50(43)42-15-6-9-19-46(42)52(47)44-17-7-4-13-40(44)41-14-5-8-18-45(41)52/h1-33H. The summed E-state index contributed by atoms with van der Waals surface area (Å²) < 4.78 is 0. The van der Waals surface area contributed by atoms with Crippen LogP contribution in [0.2, 0.25) is 0 Å². The number of hydrogen-bond donors (Lipinski definition) is 0. The van der Waals surface area contributed by atoms with Gasteiger partial charge in [-0.15, -0.1) is 0 Å². The number of hydrogen-bond acceptors (Lipinski definition) is 3. The molecule has 55 heavy (non-hydrogen) atoms. The van der Waals surface area contributed by atoms with Crippen LogP contribution in [0, 0.1) is 0 Å². The molecule has 0 aliphatic heterocycles. The predicted octanol–water partition coefficient (Wildman–Crippen LogP) is 12.6. The van der Waals surface area contributed by atoms with Gasteiger partial charge in [-0.25, -0.2) is 9.97 Å². The molecule has 256 valence electrons. The third kappa shape index (κ3) is 4.80. The number of benzene rings is 7. The van der Waals surface area contributed by atoms with Crippen LogP contribution in [0.15, 0.2) is 200 Å². The highest BCUT2D eigenvalue weighted by Crippen LogP contribution is 2.63. The number of fused-ring (bicyclic) bond motifs is 10. The molecular weight excluding hydrogens is 667 g/mol. The third-order valence-corrected chi connectivity index (χ3v) is 11.5. The summed E-state index contributed by atoms with van der Waals surface area (Å²) in [4.78, 5) is 14.9. The first-order valence-corrected chi connectivity index (χ1v) is 18.8. The maximum absolute atomic E-state index is 5.40. The molecule has 0 radical (unpaired) electrons. The van der Waals surface area contributed by atoms with E-state index in [-0.39, 0.29) is 0 Å². The van der Waals surface area contributed by atoms with E-state index >= 15 is 0 Å². The zero-order valence-corrected chi connectivity index (χ0v) is 29.9. The van der Waals surface area contributed by atoms with Gasteiger partial charge in [0, 0.05) is 29.1 Å². The molecule has 0 amide bonds. The lowest BCUT2D eigenvalue weighted by atomic mass is 9.70. The number of pyridine rings is 1. The Hall–Kier alpha value is -7.23. The lowest BCUT2D eigenvalue weighted by molar-refractivity contribution is 0.794. The van der Waals surface area contributed by atoms with Crippen molar-refractivity contribution in [2.24, 2.45) is 0 Å². The maximum Gasteiger partial charge on any atom is 0.160 e. The third-order valence-electron chi connectivity index (χ3n) is 11.5. The fourth-order valence-electron chi connectivity index (χ4n) is 9.04. The Balaban J connectivity index is 1.13. The second-order valence-corrected chi connectivity index (χ2v) is 14.3. The van der Waals surface area contributed by atoms with Crippen LogP contribution in [-0.4, -0.2) is 15.0 Å². The summed E-state index contributed by atoms with van der Waals surface area (Å²) in [5, 5.41) is 0. The lowest BCUT2D eigenvalue weighted by Gasteiger charge is -2.30. The molecule has 2 aliphatic rings. The van der Waals surface area contributed by atoms with Gasteiger partial charge in [-0.3, -0.25) is 4.98 Å². The van der Waals surface area contributed by atoms with E-state index in [0.717, 1.165) is 44.8 Å². The van der Waals surface area contributed by atoms with Crippen molar-refractivity contribution in [2.45, 2.75) is 5.41 Å². The molecule has 0 fully saturated rings. The summed E-state index contributed by atoms with van der Waals surface area (Å²) in [7, 11) is 0. The highest BCUT2D eigenvalue weighted by Gasteiger charge is 2.52. The number of aromatic nitrogens is 3. The van der Waals surface area contributed by atoms with Crippen molar-refractivity contribution >= 4 is 0 Å². The van der Waals surface area contributed by atoms with Gasteiger partial charge < -0.3 is 0 Å². The Kier molecular flexibility index (Phi) is 7.08. The maximum atomic E-state index is 5.40. The van der Waals surface area contributed by atoms with Gasteiger partial charge in [0.2, 0.25) is 0 Å². The lowest BCUT2D eigenvalue weighted by Crippen LogP contribution is -2.25. The first kappa shape index (κ1) is 31.3. The quantitative estimate of drug-likeness (QED) is 0.179. The Morgan fingerprint density at radius 1 is 0.309 bits per heavy atom. The van der Waals surface area contributed by atoms with E-state index < -0.39 is 5.41 Å². The molecule has 0 bridgehead atoms. The van der Waals surface area contributed by atoms with Crippen molar-refractivity contribution in [3.63, 3.8) is 0 Å². The van der Waals surface area contributed by atoms with E-state index in [2.05, 4.69) is 175 Å². The fraction of sp³-hybridized carbons (Fsp3) is 0.0192. The van der Waals surface area contributed by atoms with Crippen LogP contribution in [0.5, 0.6) is 0 Å². The van der Waals surface area contributed by atoms with Gasteiger partial charge in [0.15, 0.2) is 5.82 Å². The first-order chi connectivity index (χ1) is 27.3. The van der Waals surface area contributed by atoms with Gasteiger partial charge in [0.05, 0.1) is 16.8 Å². The zero-order valence-electron chi connectivity index (χ0n) is 29.9. The normalized spacial score (nSPS) is 12.9. The SMILES string of the molecule is c1ccc(-c2ccc(-c3nc(-c4ccc(-c5ccncc5)cc4)cc(-c4cccc5c4-c4ccccc4C54c5ccccc5-c5ccccc54)n3)cc2)cc1. The molecule has 7 aromatic carbocycles. The smallest absolute Gasteiger partial charge is 0.160 e. The minimum Gasteiger partial charge on any atom is -0.265 e. The van der Waals surface area contributed by atoms with Crippen molar-refractivity contribution in [2.75, 3.05) is 0 Å². The fourth-order valence-corrected chi connectivity index (χ4v) is 9.04. The van der Waals surface area contributed by atoms with Crippen LogP contribution in [0.25, 0.3) is 78.4 Å². The molecular formula is C52H33N3. The van der Waals surface area contributed by atoms with Crippen LogP contribution in [0.4, 0.5) is 0 Å². The Labute approximate surface area is 320 Å². The van der Waals surface area contributed by atoms with Gasteiger partial charge in [0.25, 0.3) is 0 Å². The predicted molar refractivity (Wildman–Crippen MR) is 223 cm³/mol. The van der Waals surface area contributed by atoms with Crippen molar-refractivity contribution in [3.05, 3.63) is 223 Å². The van der Waals surface area contributed by atoms with Gasteiger partial charge >= 0.3 is 0 Å². The van der Waals surface area contributed by atoms with E-state index in [1.54, 1.807) is 0 Å². The van der Waals surface area contributed by atoms with E-state index in [4.69, 9.17) is 9.97 Å². The van der Waals surface area contributed by atoms with Crippen molar-refractivity contribution in [1.82, 2.24) is 15.0 Å². The second-order valence-electron chi connectivity index (χ2n) is 14.3. The number of nitrogens with zero attached hydrogens (tertiary/aromatic N) is 3. The van der Waals surface area contributed by atoms with Crippen molar-refractivity contribution in [3.8, 4) is 78.4 Å². The molecule has 3 nitrogen and oxygen atoms in total. The molecule has 2 aromatic heterocycles. The molecule has 2 heterocycles. The summed E-state index contributed by atoms with van der Waals surface area (Å²) in [6.07, 6.45) is 3.66. The van der Waals surface area contributed by atoms with Crippen LogP contribution in [-0.2, 0) is 5.41 Å². The summed E-state index contributed by atoms with van der Waals surface area (Å²) in [6.45, 7) is 0. The van der Waals surface area contributed by atoms with Crippen LogP contribution >= 0.6 is 0 Å². The van der Waals surface area contributed by atoms with Gasteiger partial charge in [-0.2, -0.15) is 0 Å². The van der Waals surface area contributed by atoms with Crippen LogP contribution in [0.3, 0.4) is 0 Å². The summed E-state index contributed by atoms with van der Waals surface area (Å²) in [5.74, 6) is 0.695. The van der Waals surface area contributed by atoms with Crippen molar-refractivity contribution in [1.29, 1.82) is 0 Å².